The fourth-order valence-corrected chi connectivity index (χ4v) is 4.80. The molecule has 2 heterocycles. The summed E-state index contributed by atoms with van der Waals surface area (Å²) in [6, 6.07) is 15.9. The van der Waals surface area contributed by atoms with Crippen LogP contribution in [-0.4, -0.2) is 25.2 Å². The van der Waals surface area contributed by atoms with E-state index in [9.17, 15) is 4.79 Å². The number of benzene rings is 2. The predicted octanol–water partition coefficient (Wildman–Crippen LogP) is 4.96. The summed E-state index contributed by atoms with van der Waals surface area (Å²) in [5.74, 6) is 1.93. The molecule has 0 amide bonds. The Kier molecular flexibility index (Phi) is 4.77. The van der Waals surface area contributed by atoms with Crippen LogP contribution < -0.4 is 14.8 Å². The van der Waals surface area contributed by atoms with E-state index in [-0.39, 0.29) is 17.6 Å². The highest BCUT2D eigenvalue weighted by Crippen LogP contribution is 2.51. The van der Waals surface area contributed by atoms with E-state index >= 15 is 0 Å². The third-order valence-corrected chi connectivity index (χ3v) is 6.28. The lowest BCUT2D eigenvalue weighted by atomic mass is 9.72. The summed E-state index contributed by atoms with van der Waals surface area (Å²) in [4.78, 5) is 13.5. The van der Waals surface area contributed by atoms with Gasteiger partial charge in [0.1, 0.15) is 11.5 Å². The summed E-state index contributed by atoms with van der Waals surface area (Å²) in [7, 11) is 3.25. The minimum absolute atomic E-state index is 0.129. The molecule has 2 aromatic carbocycles. The molecule has 0 unspecified atom stereocenters. The van der Waals surface area contributed by atoms with Crippen molar-refractivity contribution in [2.75, 3.05) is 19.5 Å². The van der Waals surface area contributed by atoms with Gasteiger partial charge in [-0.2, -0.15) is 0 Å². The predicted molar refractivity (Wildman–Crippen MR) is 117 cm³/mol. The first kappa shape index (κ1) is 19.4. The number of nitrogens with one attached hydrogen (secondary N) is 1. The highest BCUT2D eigenvalue weighted by Gasteiger charge is 2.42. The molecule has 2 atom stereocenters. The quantitative estimate of drug-likeness (QED) is 0.648. The third kappa shape index (κ3) is 3.19. The van der Waals surface area contributed by atoms with Gasteiger partial charge in [-0.25, -0.2) is 0 Å². The van der Waals surface area contributed by atoms with E-state index in [0.717, 1.165) is 34.5 Å². The van der Waals surface area contributed by atoms with Crippen molar-refractivity contribution in [3.05, 3.63) is 82.2 Å². The number of fused-ring (bicyclic) bond motifs is 1. The highest BCUT2D eigenvalue weighted by atomic mass is 16.5. The van der Waals surface area contributed by atoms with Crippen LogP contribution in [0.1, 0.15) is 47.1 Å². The van der Waals surface area contributed by atoms with Gasteiger partial charge < -0.3 is 19.3 Å². The van der Waals surface area contributed by atoms with Crippen molar-refractivity contribution >= 4 is 11.7 Å². The zero-order valence-electron chi connectivity index (χ0n) is 17.8. The number of methoxy groups -OCH3 is 2. The molecule has 1 aliphatic carbocycles. The number of ether oxygens (including phenoxy) is 2. The average molecular weight is 416 g/mol. The lowest BCUT2D eigenvalue weighted by Gasteiger charge is -2.35. The Hall–Kier alpha value is -3.54. The first-order chi connectivity index (χ1) is 15.1. The number of ketones is 1. The van der Waals surface area contributed by atoms with Crippen molar-refractivity contribution in [1.82, 2.24) is 5.16 Å². The molecule has 1 aliphatic heterocycles. The molecule has 31 heavy (non-hydrogen) atoms. The second-order valence-electron chi connectivity index (χ2n) is 8.01. The van der Waals surface area contributed by atoms with Crippen LogP contribution in [0.4, 0.5) is 5.88 Å². The number of Topliss-reactive ketones (excluding diaryl/α,β-unsaturated/α-hetero) is 1. The van der Waals surface area contributed by atoms with Crippen molar-refractivity contribution < 1.29 is 18.8 Å². The minimum Gasteiger partial charge on any atom is -0.497 e. The van der Waals surface area contributed by atoms with Crippen LogP contribution in [0.25, 0.3) is 0 Å². The number of anilines is 1. The first-order valence-corrected chi connectivity index (χ1v) is 10.4. The van der Waals surface area contributed by atoms with Crippen LogP contribution in [-0.2, 0) is 4.79 Å². The van der Waals surface area contributed by atoms with Crippen molar-refractivity contribution in [3.63, 3.8) is 0 Å². The van der Waals surface area contributed by atoms with Crippen molar-refractivity contribution in [3.8, 4) is 11.5 Å². The number of hydrogen-bond donors (Lipinski definition) is 1. The number of aromatic nitrogens is 1. The Labute approximate surface area is 180 Å². The van der Waals surface area contributed by atoms with Gasteiger partial charge in [0.05, 0.1) is 31.4 Å². The molecule has 0 bridgehead atoms. The van der Waals surface area contributed by atoms with Crippen molar-refractivity contribution in [2.45, 2.75) is 31.6 Å². The Morgan fingerprint density at radius 3 is 2.61 bits per heavy atom. The number of allylic oxidation sites excluding steroid dienone is 2. The van der Waals surface area contributed by atoms with Crippen LogP contribution >= 0.6 is 0 Å². The van der Waals surface area contributed by atoms with E-state index in [1.807, 2.05) is 43.3 Å². The van der Waals surface area contributed by atoms with Gasteiger partial charge in [0.2, 0.25) is 5.88 Å². The summed E-state index contributed by atoms with van der Waals surface area (Å²) in [5.41, 5.74) is 5.38. The topological polar surface area (TPSA) is 73.6 Å². The molecule has 0 saturated carbocycles. The van der Waals surface area contributed by atoms with Gasteiger partial charge in [0, 0.05) is 29.3 Å². The van der Waals surface area contributed by atoms with E-state index in [0.29, 0.717) is 23.8 Å². The lowest BCUT2D eigenvalue weighted by Crippen LogP contribution is -2.29. The van der Waals surface area contributed by atoms with Gasteiger partial charge in [-0.3, -0.25) is 4.79 Å². The normalized spacial score (nSPS) is 20.0. The zero-order chi connectivity index (χ0) is 21.5. The maximum atomic E-state index is 13.5. The van der Waals surface area contributed by atoms with Crippen LogP contribution in [0, 0.1) is 6.92 Å². The lowest BCUT2D eigenvalue weighted by molar-refractivity contribution is -0.116. The number of aryl methyl sites for hydroxylation is 1. The Bertz CT molecular complexity index is 1180. The van der Waals surface area contributed by atoms with E-state index in [4.69, 9.17) is 14.0 Å². The second kappa shape index (κ2) is 7.61. The number of carbonyl (C=O) groups is 1. The molecular formula is C25H24N2O4. The fraction of sp³-hybridized carbons (Fsp3) is 0.280. The number of nitrogens with zero attached hydrogens (tertiary/aromatic N) is 1. The summed E-state index contributed by atoms with van der Waals surface area (Å²) in [5, 5.41) is 7.56. The van der Waals surface area contributed by atoms with Gasteiger partial charge in [0.15, 0.2) is 5.78 Å². The molecule has 6 nitrogen and oxygen atoms in total. The first-order valence-electron chi connectivity index (χ1n) is 10.4. The number of rotatable bonds is 4. The molecule has 0 radical (unpaired) electrons. The average Bonchev–Trinajstić information content (AvgIpc) is 3.18. The zero-order valence-corrected chi connectivity index (χ0v) is 17.8. The molecule has 6 heteroatoms. The molecular weight excluding hydrogens is 392 g/mol. The van der Waals surface area contributed by atoms with Crippen LogP contribution in [0.3, 0.4) is 0 Å². The van der Waals surface area contributed by atoms with E-state index in [1.54, 1.807) is 14.2 Å². The van der Waals surface area contributed by atoms with Gasteiger partial charge in [0.25, 0.3) is 0 Å². The minimum atomic E-state index is -0.303. The Balaban J connectivity index is 1.66. The molecule has 5 rings (SSSR count). The maximum absolute atomic E-state index is 13.5. The highest BCUT2D eigenvalue weighted by molar-refractivity contribution is 6.01. The van der Waals surface area contributed by atoms with E-state index < -0.39 is 0 Å². The van der Waals surface area contributed by atoms with Gasteiger partial charge in [-0.05, 0) is 30.9 Å². The molecule has 1 aromatic heterocycles. The second-order valence-corrected chi connectivity index (χ2v) is 8.01. The molecule has 0 fully saturated rings. The summed E-state index contributed by atoms with van der Waals surface area (Å²) >= 11 is 0. The molecule has 158 valence electrons. The van der Waals surface area contributed by atoms with Gasteiger partial charge >= 0.3 is 0 Å². The van der Waals surface area contributed by atoms with Crippen molar-refractivity contribution in [2.24, 2.45) is 0 Å². The largest absolute Gasteiger partial charge is 0.497 e. The monoisotopic (exact) mass is 416 g/mol. The van der Waals surface area contributed by atoms with Crippen LogP contribution in [0.5, 0.6) is 11.5 Å². The molecule has 1 N–H and O–H groups in total. The smallest absolute Gasteiger partial charge is 0.233 e. The SMILES string of the molecule is COc1ccc([C@@H]2C3=C(C[C@H](c4ccccc4)CC3=O)Nc3onc(C)c32)c(OC)c1. The summed E-state index contributed by atoms with van der Waals surface area (Å²) < 4.78 is 16.7. The van der Waals surface area contributed by atoms with Gasteiger partial charge in [-0.1, -0.05) is 41.6 Å². The van der Waals surface area contributed by atoms with E-state index in [2.05, 4.69) is 22.6 Å². The van der Waals surface area contributed by atoms with Crippen molar-refractivity contribution in [1.29, 1.82) is 0 Å². The third-order valence-electron chi connectivity index (χ3n) is 6.28. The number of carbonyl (C=O) groups excluding carboxylic acids is 1. The Morgan fingerprint density at radius 2 is 1.87 bits per heavy atom. The summed E-state index contributed by atoms with van der Waals surface area (Å²) in [6.45, 7) is 1.90. The summed E-state index contributed by atoms with van der Waals surface area (Å²) in [6.07, 6.45) is 1.21. The Morgan fingerprint density at radius 1 is 1.06 bits per heavy atom. The standard InChI is InChI=1S/C25H24N2O4/c1-14-22-23(18-10-9-17(29-2)13-21(18)30-3)24-19(26-25(22)31-27-14)11-16(12-20(24)28)15-7-5-4-6-8-15/h4-10,13,16,23,26H,11-12H2,1-3H3/t16-,23-/m0/s1. The number of hydrogen-bond acceptors (Lipinski definition) is 6. The van der Waals surface area contributed by atoms with Gasteiger partial charge in [-0.15, -0.1) is 0 Å². The van der Waals surface area contributed by atoms with Crippen LogP contribution in [0.15, 0.2) is 64.3 Å². The van der Waals surface area contributed by atoms with E-state index in [1.165, 1.54) is 5.56 Å². The maximum Gasteiger partial charge on any atom is 0.233 e. The fourth-order valence-electron chi connectivity index (χ4n) is 4.80. The molecule has 0 spiro atoms. The molecule has 3 aromatic rings. The van der Waals surface area contributed by atoms with Crippen LogP contribution in [0.2, 0.25) is 0 Å². The molecule has 0 saturated heterocycles. The molecule has 2 aliphatic rings.